The molecule has 68 valence electrons. The van der Waals surface area contributed by atoms with Crippen LogP contribution in [0.4, 0.5) is 9.18 Å². The Hall–Kier alpha value is -1.41. The molecule has 0 radical (unpaired) electrons. The molecule has 0 aromatic rings. The Labute approximate surface area is 66.2 Å². The predicted octanol–water partition coefficient (Wildman–Crippen LogP) is -1.27. The molecular formula is C4H7FN4O3. The Balaban J connectivity index is 2.75. The lowest BCUT2D eigenvalue weighted by molar-refractivity contribution is 0.0802. The van der Waals surface area contributed by atoms with Crippen molar-refractivity contribution in [3.63, 3.8) is 0 Å². The number of oxime groups is 1. The van der Waals surface area contributed by atoms with Crippen molar-refractivity contribution in [1.82, 2.24) is 16.1 Å². The highest BCUT2D eigenvalue weighted by Crippen LogP contribution is 2.02. The number of carbonyl (C=O) groups excluding carboxylic acids is 1. The number of rotatable bonds is 1. The fraction of sp³-hybridized carbons (Fsp3) is 0.500. The maximum Gasteiger partial charge on any atom is 0.321 e. The Morgan fingerprint density at radius 1 is 1.67 bits per heavy atom. The largest absolute Gasteiger partial charge is 0.409 e. The van der Waals surface area contributed by atoms with Crippen molar-refractivity contribution in [1.29, 1.82) is 0 Å². The summed E-state index contributed by atoms with van der Waals surface area (Å²) in [6, 6.07) is -0.761. The van der Waals surface area contributed by atoms with Crippen LogP contribution in [0, 0.1) is 0 Å². The Bertz CT molecular complexity index is 220. The van der Waals surface area contributed by atoms with Crippen LogP contribution in [0.25, 0.3) is 0 Å². The maximum atomic E-state index is 12.9. The first kappa shape index (κ1) is 8.68. The van der Waals surface area contributed by atoms with Gasteiger partial charge in [-0.05, 0) is 0 Å². The van der Waals surface area contributed by atoms with Crippen molar-refractivity contribution in [3.05, 3.63) is 0 Å². The topological polar surface area (TPSA) is 106 Å². The van der Waals surface area contributed by atoms with Crippen LogP contribution in [0.15, 0.2) is 5.16 Å². The average Bonchev–Trinajstić information content (AvgIpc) is 2.08. The van der Waals surface area contributed by atoms with Crippen LogP contribution in [0.5, 0.6) is 0 Å². The van der Waals surface area contributed by atoms with Gasteiger partial charge in [-0.15, -0.1) is 0 Å². The van der Waals surface area contributed by atoms with Gasteiger partial charge in [0, 0.05) is 0 Å². The van der Waals surface area contributed by atoms with Gasteiger partial charge in [0.25, 0.3) is 0 Å². The molecule has 1 rings (SSSR count). The monoisotopic (exact) mass is 178 g/mol. The Morgan fingerprint density at radius 2 is 2.33 bits per heavy atom. The molecule has 2 atom stereocenters. The van der Waals surface area contributed by atoms with Crippen molar-refractivity contribution in [2.24, 2.45) is 5.16 Å². The smallest absolute Gasteiger partial charge is 0.321 e. The summed E-state index contributed by atoms with van der Waals surface area (Å²) in [5, 5.41) is 22.9. The van der Waals surface area contributed by atoms with Gasteiger partial charge in [0.2, 0.25) is 0 Å². The third-order valence-electron chi connectivity index (χ3n) is 1.33. The van der Waals surface area contributed by atoms with Gasteiger partial charge in [-0.3, -0.25) is 5.32 Å². The summed E-state index contributed by atoms with van der Waals surface area (Å²) < 4.78 is 12.9. The molecule has 8 heteroatoms. The molecule has 1 saturated heterocycles. The molecule has 2 amide bonds. The van der Waals surface area contributed by atoms with E-state index in [-0.39, 0.29) is 0 Å². The predicted molar refractivity (Wildman–Crippen MR) is 34.5 cm³/mol. The second kappa shape index (κ2) is 3.32. The summed E-state index contributed by atoms with van der Waals surface area (Å²) in [7, 11) is 0. The number of nitrogens with one attached hydrogen (secondary N) is 3. The molecule has 0 spiro atoms. The minimum Gasteiger partial charge on any atom is -0.409 e. The van der Waals surface area contributed by atoms with Crippen molar-refractivity contribution in [2.75, 3.05) is 0 Å². The molecule has 7 nitrogen and oxygen atoms in total. The maximum absolute atomic E-state index is 12.9. The number of amides is 2. The summed E-state index contributed by atoms with van der Waals surface area (Å²) in [5.74, 6) is -0.551. The number of alkyl halides is 1. The quantitative estimate of drug-likeness (QED) is 0.255. The third kappa shape index (κ3) is 1.43. The Morgan fingerprint density at radius 3 is 2.83 bits per heavy atom. The summed E-state index contributed by atoms with van der Waals surface area (Å²) >= 11 is 0. The van der Waals surface area contributed by atoms with Crippen molar-refractivity contribution in [2.45, 2.75) is 12.3 Å². The number of hydrogen-bond acceptors (Lipinski definition) is 5. The summed E-state index contributed by atoms with van der Waals surface area (Å²) in [6.45, 7) is 0. The summed E-state index contributed by atoms with van der Waals surface area (Å²) in [6.07, 6.45) is -3.12. The highest BCUT2D eigenvalue weighted by Gasteiger charge is 2.33. The summed E-state index contributed by atoms with van der Waals surface area (Å²) in [5.41, 5.74) is 1.51. The van der Waals surface area contributed by atoms with Crippen LogP contribution in [0.1, 0.15) is 0 Å². The molecule has 0 bridgehead atoms. The number of amidine groups is 1. The fourth-order valence-corrected chi connectivity index (χ4v) is 0.771. The van der Waals surface area contributed by atoms with Gasteiger partial charge in [0.15, 0.2) is 12.0 Å². The van der Waals surface area contributed by atoms with E-state index in [9.17, 15) is 9.18 Å². The van der Waals surface area contributed by atoms with Gasteiger partial charge in [-0.25, -0.2) is 9.18 Å². The highest BCUT2D eigenvalue weighted by atomic mass is 19.1. The number of urea groups is 1. The summed E-state index contributed by atoms with van der Waals surface area (Å²) in [4.78, 5) is 10.6. The number of nitrogens with zero attached hydrogens (tertiary/aromatic N) is 1. The van der Waals surface area contributed by atoms with Crippen LogP contribution in [-0.2, 0) is 0 Å². The molecule has 0 aromatic heterocycles. The number of hydroxylamine groups is 1. The van der Waals surface area contributed by atoms with E-state index in [2.05, 4.69) is 5.16 Å². The second-order valence-electron chi connectivity index (χ2n) is 2.09. The molecule has 5 N–H and O–H groups in total. The number of halogens is 1. The lowest BCUT2D eigenvalue weighted by Gasteiger charge is -2.26. The van der Waals surface area contributed by atoms with E-state index in [1.54, 1.807) is 0 Å². The lowest BCUT2D eigenvalue weighted by atomic mass is 10.2. The standard InChI is InChI=1S/C4H7FN4O3/c5-1-2(8-11)6-4(10)7-3(1)9-12/h1-2,8,11-12H,(H2,6,7,9,10). The molecule has 1 aliphatic rings. The lowest BCUT2D eigenvalue weighted by Crippen LogP contribution is -2.64. The number of carbonyl (C=O) groups is 1. The van der Waals surface area contributed by atoms with Crippen LogP contribution in [-0.4, -0.2) is 34.6 Å². The minimum atomic E-state index is -1.82. The van der Waals surface area contributed by atoms with Gasteiger partial charge >= 0.3 is 6.03 Å². The van der Waals surface area contributed by atoms with Gasteiger partial charge in [-0.1, -0.05) is 5.16 Å². The van der Waals surface area contributed by atoms with Crippen LogP contribution < -0.4 is 16.1 Å². The van der Waals surface area contributed by atoms with Gasteiger partial charge in [0.1, 0.15) is 6.17 Å². The first-order valence-corrected chi connectivity index (χ1v) is 3.02. The first-order chi connectivity index (χ1) is 5.69. The molecule has 1 heterocycles. The van der Waals surface area contributed by atoms with Crippen LogP contribution in [0.3, 0.4) is 0 Å². The van der Waals surface area contributed by atoms with Gasteiger partial charge in [0.05, 0.1) is 0 Å². The minimum absolute atomic E-state index is 0.551. The molecule has 1 fully saturated rings. The normalized spacial score (nSPS) is 32.8. The van der Waals surface area contributed by atoms with Crippen molar-refractivity contribution < 1.29 is 19.6 Å². The zero-order valence-corrected chi connectivity index (χ0v) is 5.78. The molecule has 0 aliphatic carbocycles. The van der Waals surface area contributed by atoms with E-state index in [1.165, 1.54) is 5.48 Å². The first-order valence-electron chi connectivity index (χ1n) is 3.02. The fourth-order valence-electron chi connectivity index (χ4n) is 0.771. The van der Waals surface area contributed by atoms with Gasteiger partial charge in [-0.2, -0.15) is 5.48 Å². The zero-order chi connectivity index (χ0) is 9.14. The molecule has 0 aromatic carbocycles. The molecule has 2 unspecified atom stereocenters. The van der Waals surface area contributed by atoms with E-state index in [1.807, 2.05) is 10.6 Å². The average molecular weight is 178 g/mol. The van der Waals surface area contributed by atoms with Gasteiger partial charge < -0.3 is 15.7 Å². The zero-order valence-electron chi connectivity index (χ0n) is 5.78. The molecule has 0 saturated carbocycles. The number of hydrogen-bond donors (Lipinski definition) is 5. The molecular weight excluding hydrogens is 171 g/mol. The van der Waals surface area contributed by atoms with Crippen molar-refractivity contribution >= 4 is 11.9 Å². The van der Waals surface area contributed by atoms with Crippen molar-refractivity contribution in [3.8, 4) is 0 Å². The van der Waals surface area contributed by atoms with E-state index in [0.29, 0.717) is 0 Å². The SMILES string of the molecule is O=C1N/C(=N\O)C(F)C(NO)N1. The highest BCUT2D eigenvalue weighted by molar-refractivity contribution is 6.02. The van der Waals surface area contributed by atoms with E-state index in [0.717, 1.165) is 0 Å². The van der Waals surface area contributed by atoms with Crippen LogP contribution >= 0.6 is 0 Å². The van der Waals surface area contributed by atoms with E-state index >= 15 is 0 Å². The van der Waals surface area contributed by atoms with E-state index < -0.39 is 24.2 Å². The molecule has 1 aliphatic heterocycles. The molecule has 12 heavy (non-hydrogen) atoms. The van der Waals surface area contributed by atoms with E-state index in [4.69, 9.17) is 10.4 Å². The third-order valence-corrected chi connectivity index (χ3v) is 1.33. The van der Waals surface area contributed by atoms with Crippen LogP contribution in [0.2, 0.25) is 0 Å². The second-order valence-corrected chi connectivity index (χ2v) is 2.09. The Kier molecular flexibility index (Phi) is 2.41.